The number of nitro groups is 1. The molecule has 1 saturated heterocycles. The van der Waals surface area contributed by atoms with Gasteiger partial charge in [-0.15, -0.1) is 0 Å². The van der Waals surface area contributed by atoms with E-state index in [1.54, 1.807) is 18.3 Å². The van der Waals surface area contributed by atoms with E-state index >= 15 is 0 Å². The summed E-state index contributed by atoms with van der Waals surface area (Å²) in [6.07, 6.45) is 3.61. The highest BCUT2D eigenvalue weighted by Gasteiger charge is 2.13. The largest absolute Gasteiger partial charge is 0.378 e. The number of rotatable bonds is 6. The first-order chi connectivity index (χ1) is 15.7. The number of anilines is 3. The van der Waals surface area contributed by atoms with E-state index in [4.69, 9.17) is 4.74 Å². The van der Waals surface area contributed by atoms with Crippen LogP contribution in [0.2, 0.25) is 0 Å². The maximum absolute atomic E-state index is 10.9. The van der Waals surface area contributed by atoms with E-state index in [0.29, 0.717) is 5.95 Å². The molecule has 0 saturated carbocycles. The molecule has 1 fully saturated rings. The van der Waals surface area contributed by atoms with Crippen LogP contribution in [-0.4, -0.2) is 46.2 Å². The molecule has 5 rings (SSSR count). The van der Waals surface area contributed by atoms with Crippen molar-refractivity contribution in [2.45, 2.75) is 9.79 Å². The van der Waals surface area contributed by atoms with Crippen LogP contribution in [0, 0.1) is 10.1 Å². The second-order valence-corrected chi connectivity index (χ2v) is 8.35. The third-order valence-corrected chi connectivity index (χ3v) is 6.19. The standard InChI is InChI=1S/C22H20N6O3S/c29-28(30)17-5-7-18(8-6-17)32-20-14-23-19-13-24-22(26-21(19)20)25-15-1-3-16(4-2-15)27-9-11-31-12-10-27/h1-8,13-14,23H,9-12H2,(H,24,25,26). The lowest BCUT2D eigenvalue weighted by atomic mass is 10.2. The smallest absolute Gasteiger partial charge is 0.269 e. The Morgan fingerprint density at radius 1 is 1.09 bits per heavy atom. The minimum Gasteiger partial charge on any atom is -0.378 e. The van der Waals surface area contributed by atoms with Crippen molar-refractivity contribution in [2.75, 3.05) is 36.5 Å². The van der Waals surface area contributed by atoms with Crippen molar-refractivity contribution in [3.05, 3.63) is 71.0 Å². The van der Waals surface area contributed by atoms with Gasteiger partial charge in [-0.05, 0) is 36.4 Å². The normalized spacial score (nSPS) is 13.9. The summed E-state index contributed by atoms with van der Waals surface area (Å²) in [5.41, 5.74) is 3.75. The summed E-state index contributed by atoms with van der Waals surface area (Å²) < 4.78 is 5.41. The second kappa shape index (κ2) is 8.85. The predicted octanol–water partition coefficient (Wildman–Crippen LogP) is 4.60. The number of morpholine rings is 1. The van der Waals surface area contributed by atoms with Crippen LogP contribution in [0.25, 0.3) is 11.0 Å². The molecule has 0 atom stereocenters. The highest BCUT2D eigenvalue weighted by Crippen LogP contribution is 2.34. The molecule has 32 heavy (non-hydrogen) atoms. The Bertz CT molecular complexity index is 1240. The number of H-pyrrole nitrogens is 1. The van der Waals surface area contributed by atoms with E-state index in [9.17, 15) is 10.1 Å². The van der Waals surface area contributed by atoms with E-state index in [2.05, 4.69) is 37.3 Å². The molecule has 2 aromatic heterocycles. The fourth-order valence-corrected chi connectivity index (χ4v) is 4.39. The summed E-state index contributed by atoms with van der Waals surface area (Å²) in [4.78, 5) is 26.8. The molecule has 0 aliphatic carbocycles. The number of benzene rings is 2. The van der Waals surface area contributed by atoms with Gasteiger partial charge in [-0.25, -0.2) is 9.97 Å². The number of nitro benzene ring substituents is 1. The van der Waals surface area contributed by atoms with Gasteiger partial charge < -0.3 is 19.9 Å². The SMILES string of the molecule is O=[N+]([O-])c1ccc(Sc2c[nH]c3cnc(Nc4ccc(N5CCOCC5)cc4)nc23)cc1. The van der Waals surface area contributed by atoms with Crippen LogP contribution in [0.4, 0.5) is 23.0 Å². The summed E-state index contributed by atoms with van der Waals surface area (Å²) in [5, 5.41) is 14.1. The molecule has 0 spiro atoms. The Kier molecular flexibility index (Phi) is 5.61. The second-order valence-electron chi connectivity index (χ2n) is 7.23. The van der Waals surface area contributed by atoms with Crippen LogP contribution in [0.5, 0.6) is 0 Å². The molecule has 0 amide bonds. The number of fused-ring (bicyclic) bond motifs is 1. The molecule has 0 unspecified atom stereocenters. The Labute approximate surface area is 188 Å². The number of aromatic amines is 1. The molecule has 0 bridgehead atoms. The molecule has 10 heteroatoms. The van der Waals surface area contributed by atoms with Crippen molar-refractivity contribution < 1.29 is 9.66 Å². The Balaban J connectivity index is 1.32. The average molecular weight is 449 g/mol. The van der Waals surface area contributed by atoms with Crippen molar-refractivity contribution in [1.29, 1.82) is 0 Å². The molecule has 4 aromatic rings. The zero-order chi connectivity index (χ0) is 21.9. The predicted molar refractivity (Wildman–Crippen MR) is 124 cm³/mol. The third kappa shape index (κ3) is 4.36. The number of aromatic nitrogens is 3. The Hall–Kier alpha value is -3.63. The summed E-state index contributed by atoms with van der Waals surface area (Å²) in [5.74, 6) is 0.502. The molecule has 9 nitrogen and oxygen atoms in total. The number of hydrogen-bond acceptors (Lipinski definition) is 8. The van der Waals surface area contributed by atoms with Crippen molar-refractivity contribution in [1.82, 2.24) is 15.0 Å². The van der Waals surface area contributed by atoms with Crippen molar-refractivity contribution in [3.63, 3.8) is 0 Å². The van der Waals surface area contributed by atoms with E-state index in [1.165, 1.54) is 29.6 Å². The van der Waals surface area contributed by atoms with E-state index in [0.717, 1.165) is 52.8 Å². The van der Waals surface area contributed by atoms with Gasteiger partial charge in [0.05, 0.1) is 34.7 Å². The fourth-order valence-electron chi connectivity index (χ4n) is 3.49. The average Bonchev–Trinajstić information content (AvgIpc) is 3.22. The topological polar surface area (TPSA) is 109 Å². The summed E-state index contributed by atoms with van der Waals surface area (Å²) in [6.45, 7) is 3.31. The lowest BCUT2D eigenvalue weighted by Crippen LogP contribution is -2.36. The molecule has 3 heterocycles. The van der Waals surface area contributed by atoms with Crippen LogP contribution < -0.4 is 10.2 Å². The van der Waals surface area contributed by atoms with Gasteiger partial charge >= 0.3 is 0 Å². The maximum atomic E-state index is 10.9. The van der Waals surface area contributed by atoms with E-state index in [-0.39, 0.29) is 5.69 Å². The summed E-state index contributed by atoms with van der Waals surface area (Å²) in [7, 11) is 0. The van der Waals surface area contributed by atoms with Crippen LogP contribution in [0.1, 0.15) is 0 Å². The van der Waals surface area contributed by atoms with Gasteiger partial charge in [0.15, 0.2) is 0 Å². The molecule has 2 N–H and O–H groups in total. The first-order valence-electron chi connectivity index (χ1n) is 10.1. The van der Waals surface area contributed by atoms with Gasteiger partial charge in [0.1, 0.15) is 5.52 Å². The first-order valence-corrected chi connectivity index (χ1v) is 10.9. The minimum absolute atomic E-state index is 0.0710. The summed E-state index contributed by atoms with van der Waals surface area (Å²) in [6, 6.07) is 14.7. The van der Waals surface area contributed by atoms with Crippen LogP contribution >= 0.6 is 11.8 Å². The van der Waals surface area contributed by atoms with Crippen molar-refractivity contribution in [2.24, 2.45) is 0 Å². The molecule has 1 aliphatic rings. The summed E-state index contributed by atoms with van der Waals surface area (Å²) >= 11 is 1.49. The van der Waals surface area contributed by atoms with Gasteiger partial charge in [-0.1, -0.05) is 11.8 Å². The Morgan fingerprint density at radius 3 is 2.56 bits per heavy atom. The molecule has 0 radical (unpaired) electrons. The fraction of sp³-hybridized carbons (Fsp3) is 0.182. The van der Waals surface area contributed by atoms with Gasteiger partial charge in [-0.3, -0.25) is 10.1 Å². The maximum Gasteiger partial charge on any atom is 0.269 e. The molecule has 2 aromatic carbocycles. The van der Waals surface area contributed by atoms with Gasteiger partial charge in [-0.2, -0.15) is 0 Å². The van der Waals surface area contributed by atoms with E-state index < -0.39 is 4.92 Å². The highest BCUT2D eigenvalue weighted by molar-refractivity contribution is 7.99. The zero-order valence-corrected chi connectivity index (χ0v) is 17.8. The van der Waals surface area contributed by atoms with Crippen LogP contribution in [0.3, 0.4) is 0 Å². The third-order valence-electron chi connectivity index (χ3n) is 5.16. The number of nitrogens with one attached hydrogen (secondary N) is 2. The van der Waals surface area contributed by atoms with Crippen molar-refractivity contribution in [3.8, 4) is 0 Å². The molecular weight excluding hydrogens is 428 g/mol. The van der Waals surface area contributed by atoms with Gasteiger partial charge in [0, 0.05) is 47.7 Å². The van der Waals surface area contributed by atoms with Crippen molar-refractivity contribution >= 4 is 45.8 Å². The molecule has 162 valence electrons. The molecule has 1 aliphatic heterocycles. The lowest BCUT2D eigenvalue weighted by Gasteiger charge is -2.28. The monoisotopic (exact) mass is 448 g/mol. The number of non-ortho nitro benzene ring substituents is 1. The highest BCUT2D eigenvalue weighted by atomic mass is 32.2. The number of nitrogens with zero attached hydrogens (tertiary/aromatic N) is 4. The lowest BCUT2D eigenvalue weighted by molar-refractivity contribution is -0.384. The number of hydrogen-bond donors (Lipinski definition) is 2. The minimum atomic E-state index is -0.404. The number of ether oxygens (including phenoxy) is 1. The molecular formula is C22H20N6O3S. The van der Waals surface area contributed by atoms with E-state index in [1.807, 2.05) is 18.3 Å². The van der Waals surface area contributed by atoms with Crippen LogP contribution in [-0.2, 0) is 4.74 Å². The first kappa shape index (κ1) is 20.3. The van der Waals surface area contributed by atoms with Gasteiger partial charge in [0.2, 0.25) is 5.95 Å². The van der Waals surface area contributed by atoms with Gasteiger partial charge in [0.25, 0.3) is 5.69 Å². The zero-order valence-electron chi connectivity index (χ0n) is 17.0. The Morgan fingerprint density at radius 2 is 1.84 bits per heavy atom. The quantitative estimate of drug-likeness (QED) is 0.325. The van der Waals surface area contributed by atoms with Crippen LogP contribution in [0.15, 0.2) is 70.7 Å².